The Morgan fingerprint density at radius 1 is 1.33 bits per heavy atom. The summed E-state index contributed by atoms with van der Waals surface area (Å²) in [6.07, 6.45) is 4.47. The predicted molar refractivity (Wildman–Crippen MR) is 69.3 cm³/mol. The van der Waals surface area contributed by atoms with Gasteiger partial charge in [-0.25, -0.2) is 0 Å². The molecule has 3 heteroatoms. The molecule has 0 N–H and O–H groups in total. The van der Waals surface area contributed by atoms with Crippen LogP contribution in [0.5, 0.6) is 0 Å². The summed E-state index contributed by atoms with van der Waals surface area (Å²) >= 11 is 0. The summed E-state index contributed by atoms with van der Waals surface area (Å²) in [5.41, 5.74) is 1.27. The number of hydrogen-bond donors (Lipinski definition) is 0. The lowest BCUT2D eigenvalue weighted by Crippen LogP contribution is -2.17. The van der Waals surface area contributed by atoms with Gasteiger partial charge in [-0.2, -0.15) is 0 Å². The lowest BCUT2D eigenvalue weighted by Gasteiger charge is -2.10. The van der Waals surface area contributed by atoms with E-state index in [1.54, 1.807) is 0 Å². The molecule has 0 amide bonds. The quantitative estimate of drug-likeness (QED) is 0.726. The largest absolute Gasteiger partial charge is 0.463 e. The highest BCUT2D eigenvalue weighted by Crippen LogP contribution is 2.12. The molecule has 0 bridgehead atoms. The summed E-state index contributed by atoms with van der Waals surface area (Å²) < 4.78 is 10.6. The Labute approximate surface area is 108 Å². The molecule has 0 aromatic heterocycles. The molecule has 1 fully saturated rings. The third-order valence-corrected chi connectivity index (χ3v) is 3.14. The summed E-state index contributed by atoms with van der Waals surface area (Å²) in [5, 5.41) is 0. The Morgan fingerprint density at radius 3 is 2.89 bits per heavy atom. The van der Waals surface area contributed by atoms with Crippen molar-refractivity contribution in [3.05, 3.63) is 35.9 Å². The minimum atomic E-state index is -0.110. The van der Waals surface area contributed by atoms with Crippen LogP contribution in [0.1, 0.15) is 31.2 Å². The summed E-state index contributed by atoms with van der Waals surface area (Å²) in [6.45, 7) is 1.22. The third kappa shape index (κ3) is 4.49. The first-order valence-corrected chi connectivity index (χ1v) is 6.66. The first-order valence-electron chi connectivity index (χ1n) is 6.66. The maximum Gasteiger partial charge on any atom is 0.305 e. The van der Waals surface area contributed by atoms with Crippen LogP contribution in [0, 0.1) is 0 Å². The van der Waals surface area contributed by atoms with E-state index in [0.717, 1.165) is 32.3 Å². The van der Waals surface area contributed by atoms with Crippen LogP contribution in [0.2, 0.25) is 0 Å². The highest BCUT2D eigenvalue weighted by molar-refractivity contribution is 5.69. The minimum Gasteiger partial charge on any atom is -0.463 e. The molecule has 1 aromatic rings. The van der Waals surface area contributed by atoms with Crippen LogP contribution < -0.4 is 0 Å². The fourth-order valence-electron chi connectivity index (χ4n) is 2.12. The van der Waals surface area contributed by atoms with Crippen LogP contribution >= 0.6 is 0 Å². The van der Waals surface area contributed by atoms with Crippen molar-refractivity contribution in [2.75, 3.05) is 13.2 Å². The molecule has 0 aliphatic carbocycles. The number of carbonyl (C=O) groups is 1. The standard InChI is InChI=1S/C15H20O3/c16-15(18-12-14-9-5-11-17-14)10-4-8-13-6-2-1-3-7-13/h1-3,6-7,14H,4-5,8-12H2. The van der Waals surface area contributed by atoms with Gasteiger partial charge in [-0.15, -0.1) is 0 Å². The average molecular weight is 248 g/mol. The van der Waals surface area contributed by atoms with Crippen molar-refractivity contribution in [2.24, 2.45) is 0 Å². The lowest BCUT2D eigenvalue weighted by molar-refractivity contribution is -0.146. The summed E-state index contributed by atoms with van der Waals surface area (Å²) in [4.78, 5) is 11.5. The van der Waals surface area contributed by atoms with Crippen LogP contribution in [-0.2, 0) is 20.7 Å². The summed E-state index contributed by atoms with van der Waals surface area (Å²) in [6, 6.07) is 10.2. The molecule has 1 saturated heterocycles. The number of esters is 1. The van der Waals surface area contributed by atoms with Gasteiger partial charge in [0.2, 0.25) is 0 Å². The van der Waals surface area contributed by atoms with E-state index in [2.05, 4.69) is 12.1 Å². The molecule has 1 aromatic carbocycles. The molecule has 0 spiro atoms. The number of carbonyl (C=O) groups excluding carboxylic acids is 1. The van der Waals surface area contributed by atoms with Gasteiger partial charge in [0, 0.05) is 13.0 Å². The molecule has 0 radical (unpaired) electrons. The van der Waals surface area contributed by atoms with Gasteiger partial charge in [-0.3, -0.25) is 4.79 Å². The maximum absolute atomic E-state index is 11.5. The fraction of sp³-hybridized carbons (Fsp3) is 0.533. The van der Waals surface area contributed by atoms with Gasteiger partial charge in [0.05, 0.1) is 6.10 Å². The van der Waals surface area contributed by atoms with Crippen molar-refractivity contribution in [1.29, 1.82) is 0 Å². The molecule has 1 unspecified atom stereocenters. The van der Waals surface area contributed by atoms with E-state index in [1.807, 2.05) is 18.2 Å². The Morgan fingerprint density at radius 2 is 2.17 bits per heavy atom. The second kappa shape index (κ2) is 7.17. The summed E-state index contributed by atoms with van der Waals surface area (Å²) in [7, 11) is 0. The van der Waals surface area contributed by atoms with Crippen molar-refractivity contribution < 1.29 is 14.3 Å². The van der Waals surface area contributed by atoms with Crippen LogP contribution in [-0.4, -0.2) is 25.3 Å². The second-order valence-electron chi connectivity index (χ2n) is 4.66. The highest BCUT2D eigenvalue weighted by Gasteiger charge is 2.17. The van der Waals surface area contributed by atoms with Crippen LogP contribution in [0.4, 0.5) is 0 Å². The second-order valence-corrected chi connectivity index (χ2v) is 4.66. The molecule has 3 nitrogen and oxygen atoms in total. The monoisotopic (exact) mass is 248 g/mol. The van der Waals surface area contributed by atoms with Crippen molar-refractivity contribution in [3.8, 4) is 0 Å². The SMILES string of the molecule is O=C(CCCc1ccccc1)OCC1CCCO1. The average Bonchev–Trinajstić information content (AvgIpc) is 2.91. The molecular weight excluding hydrogens is 228 g/mol. The van der Waals surface area contributed by atoms with Gasteiger partial charge in [0.1, 0.15) is 6.61 Å². The Balaban J connectivity index is 1.57. The normalized spacial score (nSPS) is 18.8. The number of aryl methyl sites for hydroxylation is 1. The molecular formula is C15H20O3. The minimum absolute atomic E-state index is 0.110. The smallest absolute Gasteiger partial charge is 0.305 e. The van der Waals surface area contributed by atoms with Crippen molar-refractivity contribution in [1.82, 2.24) is 0 Å². The Bertz CT molecular complexity index is 355. The Kier molecular flexibility index (Phi) is 5.21. The fourth-order valence-corrected chi connectivity index (χ4v) is 2.12. The van der Waals surface area contributed by atoms with E-state index in [0.29, 0.717) is 13.0 Å². The zero-order valence-corrected chi connectivity index (χ0v) is 10.6. The number of hydrogen-bond acceptors (Lipinski definition) is 3. The van der Waals surface area contributed by atoms with E-state index in [1.165, 1.54) is 5.56 Å². The number of ether oxygens (including phenoxy) is 2. The molecule has 1 aliphatic heterocycles. The molecule has 1 atom stereocenters. The third-order valence-electron chi connectivity index (χ3n) is 3.14. The number of benzene rings is 1. The van der Waals surface area contributed by atoms with E-state index >= 15 is 0 Å². The number of rotatable bonds is 6. The topological polar surface area (TPSA) is 35.5 Å². The zero-order chi connectivity index (χ0) is 12.6. The van der Waals surface area contributed by atoms with Crippen molar-refractivity contribution in [3.63, 3.8) is 0 Å². The van der Waals surface area contributed by atoms with Gasteiger partial charge in [0.25, 0.3) is 0 Å². The zero-order valence-electron chi connectivity index (χ0n) is 10.6. The van der Waals surface area contributed by atoms with Gasteiger partial charge in [-0.1, -0.05) is 30.3 Å². The predicted octanol–water partition coefficient (Wildman–Crippen LogP) is 2.73. The van der Waals surface area contributed by atoms with E-state index < -0.39 is 0 Å². The molecule has 2 rings (SSSR count). The van der Waals surface area contributed by atoms with Crippen LogP contribution in [0.3, 0.4) is 0 Å². The Hall–Kier alpha value is -1.35. The van der Waals surface area contributed by atoms with Crippen LogP contribution in [0.15, 0.2) is 30.3 Å². The molecule has 1 aliphatic rings. The first kappa shape index (κ1) is 13.1. The van der Waals surface area contributed by atoms with Crippen molar-refractivity contribution in [2.45, 2.75) is 38.2 Å². The first-order chi connectivity index (χ1) is 8.84. The lowest BCUT2D eigenvalue weighted by atomic mass is 10.1. The summed E-state index contributed by atoms with van der Waals surface area (Å²) in [5.74, 6) is -0.110. The van der Waals surface area contributed by atoms with E-state index in [4.69, 9.17) is 9.47 Å². The van der Waals surface area contributed by atoms with Crippen LogP contribution in [0.25, 0.3) is 0 Å². The van der Waals surface area contributed by atoms with E-state index in [9.17, 15) is 4.79 Å². The molecule has 18 heavy (non-hydrogen) atoms. The van der Waals surface area contributed by atoms with Gasteiger partial charge in [-0.05, 0) is 31.2 Å². The maximum atomic E-state index is 11.5. The molecule has 98 valence electrons. The molecule has 1 heterocycles. The van der Waals surface area contributed by atoms with Crippen molar-refractivity contribution >= 4 is 5.97 Å². The highest BCUT2D eigenvalue weighted by atomic mass is 16.6. The van der Waals surface area contributed by atoms with E-state index in [-0.39, 0.29) is 12.1 Å². The van der Waals surface area contributed by atoms with Gasteiger partial charge >= 0.3 is 5.97 Å². The van der Waals surface area contributed by atoms with Gasteiger partial charge in [0.15, 0.2) is 0 Å². The molecule has 0 saturated carbocycles. The van der Waals surface area contributed by atoms with Gasteiger partial charge < -0.3 is 9.47 Å².